The Morgan fingerprint density at radius 1 is 1.05 bits per heavy atom. The highest BCUT2D eigenvalue weighted by Crippen LogP contribution is 2.38. The molecule has 0 aliphatic rings. The normalized spacial score (nSPS) is 11.9. The van der Waals surface area contributed by atoms with Crippen molar-refractivity contribution < 1.29 is 9.18 Å². The zero-order chi connectivity index (χ0) is 28.5. The predicted molar refractivity (Wildman–Crippen MR) is 166 cm³/mol. The summed E-state index contributed by atoms with van der Waals surface area (Å²) in [5.41, 5.74) is 12.7. The number of para-hydroxylation sites is 1. The molecular formula is C34H28FN5O. The third-order valence-corrected chi connectivity index (χ3v) is 7.06. The summed E-state index contributed by atoms with van der Waals surface area (Å²) < 4.78 is 16.0. The number of nitrogens with zero attached hydrogens (tertiary/aromatic N) is 2. The first-order valence-electron chi connectivity index (χ1n) is 13.3. The van der Waals surface area contributed by atoms with Crippen LogP contribution in [-0.2, 0) is 0 Å². The van der Waals surface area contributed by atoms with E-state index in [4.69, 9.17) is 10.7 Å². The van der Waals surface area contributed by atoms with Gasteiger partial charge >= 0.3 is 0 Å². The monoisotopic (exact) mass is 541 g/mol. The maximum Gasteiger partial charge on any atom is 0.250 e. The Morgan fingerprint density at radius 3 is 2.71 bits per heavy atom. The molecule has 0 bridgehead atoms. The molecule has 7 heteroatoms. The van der Waals surface area contributed by atoms with Crippen molar-refractivity contribution in [3.63, 3.8) is 0 Å². The summed E-state index contributed by atoms with van der Waals surface area (Å²) in [6.45, 7) is 6.49. The number of anilines is 1. The van der Waals surface area contributed by atoms with Gasteiger partial charge in [-0.15, -0.1) is 0 Å². The Kier molecular flexibility index (Phi) is 6.69. The number of fused-ring (bicyclic) bond motifs is 4. The lowest BCUT2D eigenvalue weighted by atomic mass is 10.1. The summed E-state index contributed by atoms with van der Waals surface area (Å²) in [6, 6.07) is 24.3. The minimum Gasteiger partial charge on any atom is -0.380 e. The lowest BCUT2D eigenvalue weighted by Gasteiger charge is -2.14. The molecule has 0 aliphatic heterocycles. The maximum atomic E-state index is 13.9. The first-order chi connectivity index (χ1) is 19.9. The second-order valence-corrected chi connectivity index (χ2v) is 9.79. The number of H-pyrrole nitrogens is 1. The Labute approximate surface area is 236 Å². The first-order valence-corrected chi connectivity index (χ1v) is 13.3. The van der Waals surface area contributed by atoms with Gasteiger partial charge in [0.1, 0.15) is 11.6 Å². The molecule has 6 nitrogen and oxygen atoms in total. The number of allylic oxidation sites excluding steroid dienone is 3. The van der Waals surface area contributed by atoms with Gasteiger partial charge in [-0.2, -0.15) is 0 Å². The molecule has 6 aromatic rings. The molecule has 6 rings (SSSR count). The first kappa shape index (κ1) is 25.8. The SMILES string of the molecule is C=C(/C=C\C=C/C)CNc1cc(-n2c3ccccc3c3c(-c4nc5ccc(F)cc5[nH]4)cccc32)ccc1C(N)=O. The van der Waals surface area contributed by atoms with Crippen LogP contribution in [0.15, 0.2) is 115 Å². The van der Waals surface area contributed by atoms with E-state index in [-0.39, 0.29) is 5.82 Å². The van der Waals surface area contributed by atoms with Crippen LogP contribution in [0.25, 0.3) is 49.9 Å². The fourth-order valence-electron chi connectivity index (χ4n) is 5.21. The van der Waals surface area contributed by atoms with Crippen molar-refractivity contribution in [2.75, 3.05) is 11.9 Å². The van der Waals surface area contributed by atoms with Gasteiger partial charge in [0.05, 0.1) is 27.6 Å². The van der Waals surface area contributed by atoms with Gasteiger partial charge < -0.3 is 20.6 Å². The van der Waals surface area contributed by atoms with Gasteiger partial charge in [0.15, 0.2) is 0 Å². The summed E-state index contributed by atoms with van der Waals surface area (Å²) in [4.78, 5) is 20.4. The second kappa shape index (κ2) is 10.6. The highest BCUT2D eigenvalue weighted by Gasteiger charge is 2.19. The second-order valence-electron chi connectivity index (χ2n) is 9.79. The van der Waals surface area contributed by atoms with Crippen molar-refractivity contribution in [2.45, 2.75) is 6.92 Å². The van der Waals surface area contributed by atoms with E-state index in [1.54, 1.807) is 12.1 Å². The third kappa shape index (κ3) is 4.78. The van der Waals surface area contributed by atoms with Crippen LogP contribution < -0.4 is 11.1 Å². The Bertz CT molecular complexity index is 2030. The number of amides is 1. The zero-order valence-electron chi connectivity index (χ0n) is 22.5. The van der Waals surface area contributed by atoms with E-state index in [0.717, 1.165) is 38.6 Å². The van der Waals surface area contributed by atoms with E-state index in [9.17, 15) is 9.18 Å². The van der Waals surface area contributed by atoms with Gasteiger partial charge in [0.25, 0.3) is 5.91 Å². The molecule has 0 fully saturated rings. The fourth-order valence-corrected chi connectivity index (χ4v) is 5.21. The number of aromatic amines is 1. The quantitative estimate of drug-likeness (QED) is 0.173. The molecule has 4 N–H and O–H groups in total. The molecular weight excluding hydrogens is 513 g/mol. The van der Waals surface area contributed by atoms with Crippen molar-refractivity contribution >= 4 is 44.4 Å². The van der Waals surface area contributed by atoms with Crippen molar-refractivity contribution in [3.05, 3.63) is 127 Å². The van der Waals surface area contributed by atoms with Gasteiger partial charge in [0.2, 0.25) is 0 Å². The van der Waals surface area contributed by atoms with Crippen LogP contribution in [0.2, 0.25) is 0 Å². The maximum absolute atomic E-state index is 13.9. The lowest BCUT2D eigenvalue weighted by molar-refractivity contribution is 0.100. The number of hydrogen-bond donors (Lipinski definition) is 3. The highest BCUT2D eigenvalue weighted by atomic mass is 19.1. The van der Waals surface area contributed by atoms with Crippen LogP contribution >= 0.6 is 0 Å². The van der Waals surface area contributed by atoms with E-state index in [2.05, 4.69) is 39.6 Å². The van der Waals surface area contributed by atoms with E-state index in [1.165, 1.54) is 12.1 Å². The molecule has 0 aliphatic carbocycles. The number of hydrogen-bond acceptors (Lipinski definition) is 3. The molecule has 0 saturated carbocycles. The smallest absolute Gasteiger partial charge is 0.250 e. The highest BCUT2D eigenvalue weighted by molar-refractivity contribution is 6.15. The van der Waals surface area contributed by atoms with Crippen LogP contribution in [0.3, 0.4) is 0 Å². The van der Waals surface area contributed by atoms with Crippen LogP contribution in [0.1, 0.15) is 17.3 Å². The van der Waals surface area contributed by atoms with E-state index < -0.39 is 5.91 Å². The number of imidazole rings is 1. The molecule has 41 heavy (non-hydrogen) atoms. The van der Waals surface area contributed by atoms with E-state index in [1.807, 2.05) is 67.6 Å². The number of aromatic nitrogens is 3. The molecule has 0 unspecified atom stereocenters. The molecule has 2 heterocycles. The van der Waals surface area contributed by atoms with Crippen molar-refractivity contribution in [2.24, 2.45) is 5.73 Å². The van der Waals surface area contributed by atoms with Crippen molar-refractivity contribution in [1.82, 2.24) is 14.5 Å². The van der Waals surface area contributed by atoms with E-state index in [0.29, 0.717) is 34.7 Å². The molecule has 0 spiro atoms. The minimum absolute atomic E-state index is 0.316. The topological polar surface area (TPSA) is 88.7 Å². The number of rotatable bonds is 8. The molecule has 1 amide bonds. The Hall–Kier alpha value is -5.43. The van der Waals surface area contributed by atoms with Gasteiger partial charge in [-0.1, -0.05) is 61.2 Å². The number of nitrogens with one attached hydrogen (secondary N) is 2. The van der Waals surface area contributed by atoms with Gasteiger partial charge in [0, 0.05) is 34.3 Å². The number of halogens is 1. The summed E-state index contributed by atoms with van der Waals surface area (Å²) in [5, 5.41) is 5.40. The summed E-state index contributed by atoms with van der Waals surface area (Å²) in [6.07, 6.45) is 7.71. The summed E-state index contributed by atoms with van der Waals surface area (Å²) in [7, 11) is 0. The van der Waals surface area contributed by atoms with Crippen LogP contribution in [0.4, 0.5) is 10.1 Å². The largest absolute Gasteiger partial charge is 0.380 e. The van der Waals surface area contributed by atoms with Crippen molar-refractivity contribution in [3.8, 4) is 17.1 Å². The summed E-state index contributed by atoms with van der Waals surface area (Å²) >= 11 is 0. The number of carbonyl (C=O) groups is 1. The Morgan fingerprint density at radius 2 is 1.88 bits per heavy atom. The van der Waals surface area contributed by atoms with Crippen LogP contribution in [0, 0.1) is 5.82 Å². The number of primary amides is 1. The number of nitrogens with two attached hydrogens (primary N) is 1. The molecule has 2 aromatic heterocycles. The van der Waals surface area contributed by atoms with Crippen LogP contribution in [0.5, 0.6) is 0 Å². The molecule has 4 aromatic carbocycles. The average Bonchev–Trinajstić information content (AvgIpc) is 3.55. The minimum atomic E-state index is -0.514. The summed E-state index contributed by atoms with van der Waals surface area (Å²) in [5.74, 6) is -0.168. The van der Waals surface area contributed by atoms with Crippen LogP contribution in [-0.4, -0.2) is 27.0 Å². The van der Waals surface area contributed by atoms with Crippen molar-refractivity contribution in [1.29, 1.82) is 0 Å². The molecule has 0 atom stereocenters. The Balaban J connectivity index is 1.51. The average molecular weight is 542 g/mol. The third-order valence-electron chi connectivity index (χ3n) is 7.06. The van der Waals surface area contributed by atoms with Gasteiger partial charge in [-0.3, -0.25) is 4.79 Å². The lowest BCUT2D eigenvalue weighted by Crippen LogP contribution is -2.15. The fraction of sp³-hybridized carbons (Fsp3) is 0.0588. The standard InChI is InChI=1S/C34H28FN5O/c1-3-4-5-9-21(2)20-37-28-19-23(15-16-24(28)33(36)41)40-30-12-7-6-10-25(30)32-26(11-8-13-31(32)40)34-38-27-17-14-22(35)18-29(27)39-34/h3-19,37H,2,20H2,1H3,(H2,36,41)(H,38,39)/b4-3-,9-5-. The zero-order valence-corrected chi connectivity index (χ0v) is 22.5. The molecule has 0 radical (unpaired) electrons. The predicted octanol–water partition coefficient (Wildman–Crippen LogP) is 7.67. The van der Waals surface area contributed by atoms with Gasteiger partial charge in [-0.25, -0.2) is 9.37 Å². The number of carbonyl (C=O) groups excluding carboxylic acids is 1. The van der Waals surface area contributed by atoms with Gasteiger partial charge in [-0.05, 0) is 61.0 Å². The molecule has 0 saturated heterocycles. The van der Waals surface area contributed by atoms with E-state index >= 15 is 0 Å². The number of benzene rings is 4. The molecule has 202 valence electrons.